The molecule has 3 N–H and O–H groups in total. The Morgan fingerprint density at radius 2 is 2.16 bits per heavy atom. The Hall–Kier alpha value is -1.86. The number of phenols is 1. The van der Waals surface area contributed by atoms with Crippen molar-refractivity contribution < 1.29 is 25.2 Å². The maximum atomic E-state index is 11.2. The highest BCUT2D eigenvalue weighted by Gasteiger charge is 2.63. The molecule has 0 heterocycles. The highest BCUT2D eigenvalue weighted by molar-refractivity contribution is 5.41. The lowest BCUT2D eigenvalue weighted by molar-refractivity contribution is -0.800. The summed E-state index contributed by atoms with van der Waals surface area (Å²) in [6.07, 6.45) is 2.32. The standard InChI is InChI=1S/C18H23NO6/c1-17-8-12(21)7-15(17)14-4-2-10-6-11(20)3-5-13(10)16(14)18(22,9-17)25-19(23)24/h3,5-6,12,14-16,20-22H,2,4,7-9H2,1H3/t12-,14-,15-,16+,17-,18+/m0/s1. The fourth-order valence-corrected chi connectivity index (χ4v) is 5.99. The van der Waals surface area contributed by atoms with E-state index in [1.165, 1.54) is 0 Å². The lowest BCUT2D eigenvalue weighted by atomic mass is 9.53. The number of aliphatic hydroxyl groups excluding tert-OH is 1. The molecule has 1 aromatic rings. The molecule has 7 nitrogen and oxygen atoms in total. The molecule has 0 amide bonds. The summed E-state index contributed by atoms with van der Waals surface area (Å²) in [6, 6.07) is 4.95. The molecule has 6 atom stereocenters. The molecule has 1 aromatic carbocycles. The summed E-state index contributed by atoms with van der Waals surface area (Å²) in [5.41, 5.74) is 1.32. The van der Waals surface area contributed by atoms with Crippen molar-refractivity contribution in [3.63, 3.8) is 0 Å². The van der Waals surface area contributed by atoms with Crippen LogP contribution in [0.3, 0.4) is 0 Å². The lowest BCUT2D eigenvalue weighted by Gasteiger charge is -2.55. The van der Waals surface area contributed by atoms with Crippen molar-refractivity contribution in [1.29, 1.82) is 0 Å². The summed E-state index contributed by atoms with van der Waals surface area (Å²) in [7, 11) is 0. The van der Waals surface area contributed by atoms with E-state index in [1.807, 2.05) is 6.92 Å². The van der Waals surface area contributed by atoms with Gasteiger partial charge in [0, 0.05) is 12.3 Å². The van der Waals surface area contributed by atoms with E-state index in [-0.39, 0.29) is 29.4 Å². The van der Waals surface area contributed by atoms with Gasteiger partial charge in [0.25, 0.3) is 5.09 Å². The molecule has 3 aliphatic carbocycles. The first-order valence-corrected chi connectivity index (χ1v) is 8.78. The number of aryl methyl sites for hydroxylation is 1. The van der Waals surface area contributed by atoms with E-state index in [2.05, 4.69) is 0 Å². The average Bonchev–Trinajstić information content (AvgIpc) is 2.79. The zero-order valence-corrected chi connectivity index (χ0v) is 14.1. The van der Waals surface area contributed by atoms with Crippen LogP contribution >= 0.6 is 0 Å². The zero-order valence-electron chi connectivity index (χ0n) is 14.1. The number of aliphatic hydroxyl groups is 2. The van der Waals surface area contributed by atoms with E-state index >= 15 is 0 Å². The fourth-order valence-electron chi connectivity index (χ4n) is 5.99. The van der Waals surface area contributed by atoms with E-state index in [9.17, 15) is 25.4 Å². The quantitative estimate of drug-likeness (QED) is 0.428. The van der Waals surface area contributed by atoms with E-state index in [0.717, 1.165) is 24.0 Å². The average molecular weight is 349 g/mol. The van der Waals surface area contributed by atoms with Gasteiger partial charge in [-0.15, -0.1) is 10.1 Å². The Balaban J connectivity index is 1.84. The van der Waals surface area contributed by atoms with Crippen LogP contribution in [0.5, 0.6) is 5.75 Å². The minimum atomic E-state index is -1.92. The summed E-state index contributed by atoms with van der Waals surface area (Å²) >= 11 is 0. The number of hydrogen-bond acceptors (Lipinski definition) is 6. The monoisotopic (exact) mass is 349 g/mol. The minimum absolute atomic E-state index is 0.00195. The molecule has 0 radical (unpaired) electrons. The van der Waals surface area contributed by atoms with Crippen LogP contribution in [-0.4, -0.2) is 32.3 Å². The molecule has 4 rings (SSSR count). The molecule has 0 unspecified atom stereocenters. The molecule has 136 valence electrons. The summed E-state index contributed by atoms with van der Waals surface area (Å²) in [4.78, 5) is 16.0. The van der Waals surface area contributed by atoms with Crippen LogP contribution in [0.25, 0.3) is 0 Å². The first-order valence-electron chi connectivity index (χ1n) is 8.78. The number of aromatic hydroxyl groups is 1. The molecule has 3 aliphatic rings. The first-order chi connectivity index (χ1) is 11.7. The highest BCUT2D eigenvalue weighted by Crippen LogP contribution is 2.64. The molecule has 2 fully saturated rings. The number of hydrogen-bond donors (Lipinski definition) is 3. The van der Waals surface area contributed by atoms with Crippen LogP contribution in [-0.2, 0) is 11.3 Å². The van der Waals surface area contributed by atoms with E-state index < -0.39 is 22.9 Å². The van der Waals surface area contributed by atoms with Crippen molar-refractivity contribution in [2.75, 3.05) is 0 Å². The second-order valence-electron chi connectivity index (χ2n) is 8.25. The number of rotatable bonds is 2. The maximum absolute atomic E-state index is 11.2. The van der Waals surface area contributed by atoms with Gasteiger partial charge in [0.2, 0.25) is 5.79 Å². The predicted molar refractivity (Wildman–Crippen MR) is 87.1 cm³/mol. The van der Waals surface area contributed by atoms with Crippen LogP contribution in [0.2, 0.25) is 0 Å². The van der Waals surface area contributed by atoms with E-state index in [1.54, 1.807) is 18.2 Å². The topological polar surface area (TPSA) is 113 Å². The Bertz CT molecular complexity index is 724. The second kappa shape index (κ2) is 5.32. The molecule has 0 spiro atoms. The molecule has 25 heavy (non-hydrogen) atoms. The molecule has 7 heteroatoms. The highest BCUT2D eigenvalue weighted by atomic mass is 17.0. The van der Waals surface area contributed by atoms with E-state index in [0.29, 0.717) is 12.8 Å². The van der Waals surface area contributed by atoms with Crippen LogP contribution in [0.4, 0.5) is 0 Å². The van der Waals surface area contributed by atoms with Crippen LogP contribution in [0.15, 0.2) is 18.2 Å². The summed E-state index contributed by atoms with van der Waals surface area (Å²) < 4.78 is 0. The van der Waals surface area contributed by atoms with Crippen LogP contribution in [0, 0.1) is 27.4 Å². The lowest BCUT2D eigenvalue weighted by Crippen LogP contribution is -2.56. The van der Waals surface area contributed by atoms with E-state index in [4.69, 9.17) is 4.84 Å². The number of fused-ring (bicyclic) bond motifs is 5. The molecular formula is C18H23NO6. The normalized spacial score (nSPS) is 42.2. The minimum Gasteiger partial charge on any atom is -0.508 e. The molecule has 0 aliphatic heterocycles. The van der Waals surface area contributed by atoms with Gasteiger partial charge in [-0.1, -0.05) is 13.0 Å². The van der Waals surface area contributed by atoms with Crippen molar-refractivity contribution in [2.24, 2.45) is 17.3 Å². The fraction of sp³-hybridized carbons (Fsp3) is 0.667. The summed E-state index contributed by atoms with van der Waals surface area (Å²) in [6.45, 7) is 1.99. The number of nitrogens with zero attached hydrogens (tertiary/aromatic N) is 1. The predicted octanol–water partition coefficient (Wildman–Crippen LogP) is 2.12. The van der Waals surface area contributed by atoms with Gasteiger partial charge in [0.1, 0.15) is 5.75 Å². The Morgan fingerprint density at radius 3 is 2.88 bits per heavy atom. The third-order valence-electron chi connectivity index (χ3n) is 6.65. The zero-order chi connectivity index (χ0) is 18.0. The Kier molecular flexibility index (Phi) is 3.53. The third-order valence-corrected chi connectivity index (χ3v) is 6.65. The van der Waals surface area contributed by atoms with Crippen molar-refractivity contribution in [2.45, 2.75) is 56.8 Å². The second-order valence-corrected chi connectivity index (χ2v) is 8.25. The first kappa shape index (κ1) is 16.6. The van der Waals surface area contributed by atoms with Crippen molar-refractivity contribution >= 4 is 0 Å². The van der Waals surface area contributed by atoms with Crippen LogP contribution in [0.1, 0.15) is 49.7 Å². The van der Waals surface area contributed by atoms with Gasteiger partial charge < -0.3 is 15.3 Å². The van der Waals surface area contributed by atoms with Gasteiger partial charge in [-0.25, -0.2) is 0 Å². The molecule has 0 bridgehead atoms. The molecule has 2 saturated carbocycles. The SMILES string of the molecule is C[C@@]12C[C@@H](O)C[C@H]1[C@@H]1CCc3cc(O)ccc3[C@H]1[C@](O)(O[N+](=O)[O-])C2. The molecule has 0 saturated heterocycles. The van der Waals surface area contributed by atoms with Crippen molar-refractivity contribution in [1.82, 2.24) is 0 Å². The largest absolute Gasteiger partial charge is 0.508 e. The number of phenolic OH excluding ortho intramolecular Hbond substituents is 1. The summed E-state index contributed by atoms with van der Waals surface area (Å²) in [5, 5.41) is 41.4. The third kappa shape index (κ3) is 2.48. The molecular weight excluding hydrogens is 326 g/mol. The maximum Gasteiger partial charge on any atom is 0.297 e. The van der Waals surface area contributed by atoms with Gasteiger partial charge in [-0.05, 0) is 66.2 Å². The van der Waals surface area contributed by atoms with Gasteiger partial charge in [-0.3, -0.25) is 4.84 Å². The van der Waals surface area contributed by atoms with Crippen LogP contribution < -0.4 is 0 Å². The van der Waals surface area contributed by atoms with Crippen molar-refractivity contribution in [3.05, 3.63) is 39.4 Å². The van der Waals surface area contributed by atoms with Crippen molar-refractivity contribution in [3.8, 4) is 5.75 Å². The van der Waals surface area contributed by atoms with Gasteiger partial charge in [0.05, 0.1) is 6.10 Å². The van der Waals surface area contributed by atoms with Gasteiger partial charge in [-0.2, -0.15) is 0 Å². The smallest absolute Gasteiger partial charge is 0.297 e. The molecule has 0 aromatic heterocycles. The number of benzene rings is 1. The van der Waals surface area contributed by atoms with Gasteiger partial charge >= 0.3 is 0 Å². The summed E-state index contributed by atoms with van der Waals surface area (Å²) in [5.74, 6) is -2.13. The van der Waals surface area contributed by atoms with Gasteiger partial charge in [0.15, 0.2) is 0 Å². The Labute approximate surface area is 145 Å². The Morgan fingerprint density at radius 1 is 1.40 bits per heavy atom.